The van der Waals surface area contributed by atoms with E-state index in [0.717, 1.165) is 25.5 Å². The summed E-state index contributed by atoms with van der Waals surface area (Å²) in [6.07, 6.45) is 6.92. The van der Waals surface area contributed by atoms with Crippen molar-refractivity contribution >= 4 is 12.6 Å². The van der Waals surface area contributed by atoms with Gasteiger partial charge in [-0.3, -0.25) is 0 Å². The lowest BCUT2D eigenvalue weighted by Gasteiger charge is -2.22. The highest BCUT2D eigenvalue weighted by atomic mass is 32.1. The van der Waals surface area contributed by atoms with E-state index in [-0.39, 0.29) is 40.9 Å². The van der Waals surface area contributed by atoms with E-state index in [1.165, 1.54) is 19.3 Å². The van der Waals surface area contributed by atoms with Gasteiger partial charge in [0.1, 0.15) is 0 Å². The van der Waals surface area contributed by atoms with Crippen LogP contribution >= 0.6 is 12.6 Å². The third kappa shape index (κ3) is 168. The molecule has 0 saturated carbocycles. The third-order valence-corrected chi connectivity index (χ3v) is 8.88. The van der Waals surface area contributed by atoms with Gasteiger partial charge in [-0.05, 0) is 100 Å². The van der Waals surface area contributed by atoms with E-state index < -0.39 is 31.1 Å². The van der Waals surface area contributed by atoms with Gasteiger partial charge in [0.05, 0.1) is 6.17 Å². The van der Waals surface area contributed by atoms with Crippen molar-refractivity contribution < 1.29 is 35.1 Å². The van der Waals surface area contributed by atoms with Crippen LogP contribution in [-0.4, -0.2) is 30.4 Å². The third-order valence-electron chi connectivity index (χ3n) is 7.93. The Balaban J connectivity index is -0.0000000843. The van der Waals surface area contributed by atoms with Crippen molar-refractivity contribution in [2.45, 2.75) is 310 Å². The van der Waals surface area contributed by atoms with Gasteiger partial charge in [0.2, 0.25) is 12.3 Å². The summed E-state index contributed by atoms with van der Waals surface area (Å²) in [5, 5.41) is 0. The first kappa shape index (κ1) is 87.8. The zero-order chi connectivity index (χ0) is 58.6. The fourth-order valence-electron chi connectivity index (χ4n) is 4.32. The lowest BCUT2D eigenvalue weighted by molar-refractivity contribution is -0.139. The zero-order valence-electron chi connectivity index (χ0n) is 52.0. The number of hydrogen-bond donors (Lipinski definition) is 1. The summed E-state index contributed by atoms with van der Waals surface area (Å²) in [5.41, 5.74) is 1.97. The van der Waals surface area contributed by atoms with Crippen LogP contribution < -0.4 is 0 Å². The molecule has 0 bridgehead atoms. The van der Waals surface area contributed by atoms with Crippen molar-refractivity contribution in [3.63, 3.8) is 0 Å². The Kier molecular flexibility index (Phi) is 51.5. The second-order valence-electron chi connectivity index (χ2n) is 29.5. The second kappa shape index (κ2) is 40.5. The molecule has 0 spiro atoms. The van der Waals surface area contributed by atoms with Crippen molar-refractivity contribution in [2.24, 2.45) is 48.7 Å². The molecule has 0 fully saturated rings. The lowest BCUT2D eigenvalue weighted by atomic mass is 9.89. The Morgan fingerprint density at radius 2 is 0.826 bits per heavy atom. The quantitative estimate of drug-likeness (QED) is 0.112. The summed E-state index contributed by atoms with van der Waals surface area (Å²) in [7, 11) is 0. The van der Waals surface area contributed by atoms with Gasteiger partial charge in [0, 0.05) is 25.7 Å². The number of thiol groups is 1. The SMILES string of the molecule is C#CCC(C)(C)C.C=CCC(C)(C)C.CC(C)(C)CC(C)(F)F.CC(C)(C)CCC(F)(F)F.CC(C)(C)CCC(F)F.CC(C)(C)CS.CC(F)CC(C)(C)C.CCC(C)(C)C.CCCC(C)(C)C. The minimum Gasteiger partial charge on any atom is -0.248 e. The molecule has 0 aromatic heterocycles. The zero-order valence-corrected chi connectivity index (χ0v) is 52.9. The monoisotopic (exact) mass is 1030 g/mol. The normalized spacial score (nSPS) is 12.9. The largest absolute Gasteiger partial charge is 0.389 e. The van der Waals surface area contributed by atoms with Gasteiger partial charge in [0.25, 0.3) is 0 Å². The van der Waals surface area contributed by atoms with E-state index in [0.29, 0.717) is 39.9 Å². The molecule has 0 nitrogen and oxygen atoms in total. The van der Waals surface area contributed by atoms with Crippen LogP contribution in [0.15, 0.2) is 12.7 Å². The number of hydrogen-bond acceptors (Lipinski definition) is 1. The van der Waals surface area contributed by atoms with Crippen molar-refractivity contribution in [1.29, 1.82) is 0 Å². The highest BCUT2D eigenvalue weighted by Crippen LogP contribution is 2.31. The van der Waals surface area contributed by atoms with Crippen LogP contribution in [0.1, 0.15) is 285 Å². The number of alkyl halides is 8. The molecule has 9 heteroatoms. The van der Waals surface area contributed by atoms with Gasteiger partial charge in [-0.15, -0.1) is 18.9 Å². The molecule has 0 heterocycles. The summed E-state index contributed by atoms with van der Waals surface area (Å²) in [6.45, 7) is 66.6. The van der Waals surface area contributed by atoms with Crippen molar-refractivity contribution in [3.8, 4) is 12.3 Å². The molecule has 0 aromatic carbocycles. The molecule has 0 N–H and O–H groups in total. The fraction of sp³-hybridized carbons (Fsp3) is 0.933. The summed E-state index contributed by atoms with van der Waals surface area (Å²) < 4.78 is 94.5. The Bertz CT molecular complexity index is 1100. The van der Waals surface area contributed by atoms with Crippen molar-refractivity contribution in [2.75, 3.05) is 5.75 Å². The predicted octanol–water partition coefficient (Wildman–Crippen LogP) is 24.2. The predicted molar refractivity (Wildman–Crippen MR) is 303 cm³/mol. The number of rotatable bonds is 7. The first-order valence-electron chi connectivity index (χ1n) is 25.6. The van der Waals surface area contributed by atoms with Crippen LogP contribution in [0.5, 0.6) is 0 Å². The molecule has 0 aliphatic rings. The average Bonchev–Trinajstić information content (AvgIpc) is 2.99. The van der Waals surface area contributed by atoms with Crippen molar-refractivity contribution in [3.05, 3.63) is 12.7 Å². The number of allylic oxidation sites excluding steroid dienone is 1. The van der Waals surface area contributed by atoms with Crippen LogP contribution in [0, 0.1) is 61.1 Å². The molecule has 0 rings (SSSR count). The standard InChI is InChI=1S/C7H13F3.2C7H14F2.C7H15F.C7H16.C7H14.C7H12.C6H14.C5H12S/c1-6(2,3)4-5-7(8,9)10;1-6(2,3)5-7(4,8)9;1-7(2,3)5-4-6(8)9;1-6(8)5-7(2,3)4;3*1-5-6-7(2,3)4;1-5-6(2,3)4;1-5(2,3)4-6/h4-5H2,1-3H3;5H2,1-4H3;6H,4-5H2,1-3H3;6H,5H2,1-4H3;5-6H2,1-4H3;5H,1,6H2,2-4H3;1H,6H2,2-4H3;5H2,1-4H3;6H,4H2,1-3H3. The fourth-order valence-corrected chi connectivity index (χ4v) is 4.32. The molecule has 69 heavy (non-hydrogen) atoms. The Hall–Kier alpha value is -0.910. The van der Waals surface area contributed by atoms with Gasteiger partial charge in [0.15, 0.2) is 0 Å². The van der Waals surface area contributed by atoms with Crippen LogP contribution in [-0.2, 0) is 0 Å². The molecule has 0 aliphatic carbocycles. The van der Waals surface area contributed by atoms with E-state index >= 15 is 0 Å². The van der Waals surface area contributed by atoms with Gasteiger partial charge >= 0.3 is 6.18 Å². The second-order valence-corrected chi connectivity index (χ2v) is 29.8. The minimum atomic E-state index is -3.99. The molecule has 1 atom stereocenters. The molecule has 1 unspecified atom stereocenters. The molecule has 426 valence electrons. The van der Waals surface area contributed by atoms with Crippen LogP contribution in [0.25, 0.3) is 0 Å². The number of terminal acetylenes is 1. The van der Waals surface area contributed by atoms with Crippen LogP contribution in [0.2, 0.25) is 0 Å². The lowest BCUT2D eigenvalue weighted by Crippen LogP contribution is -2.20. The first-order valence-corrected chi connectivity index (χ1v) is 26.2. The molecule has 0 aliphatic heterocycles. The van der Waals surface area contributed by atoms with Gasteiger partial charge in [-0.2, -0.15) is 25.8 Å². The average molecular weight is 1030 g/mol. The Morgan fingerprint density at radius 1 is 0.493 bits per heavy atom. The van der Waals surface area contributed by atoms with E-state index in [9.17, 15) is 35.1 Å². The summed E-state index contributed by atoms with van der Waals surface area (Å²) in [6, 6.07) is 0. The molecular weight excluding hydrogens is 905 g/mol. The van der Waals surface area contributed by atoms with E-state index in [2.05, 4.69) is 143 Å². The van der Waals surface area contributed by atoms with Gasteiger partial charge < -0.3 is 0 Å². The Morgan fingerprint density at radius 3 is 0.855 bits per heavy atom. The van der Waals surface area contributed by atoms with Gasteiger partial charge in [-0.25, -0.2) is 22.0 Å². The van der Waals surface area contributed by atoms with Crippen LogP contribution in [0.3, 0.4) is 0 Å². The van der Waals surface area contributed by atoms with Gasteiger partial charge in [-0.1, -0.05) is 220 Å². The van der Waals surface area contributed by atoms with E-state index in [1.807, 2.05) is 68.4 Å². The minimum absolute atomic E-state index is 0.0312. The maximum Gasteiger partial charge on any atom is 0.389 e. The highest BCUT2D eigenvalue weighted by Gasteiger charge is 2.29. The topological polar surface area (TPSA) is 0 Å². The molecule has 0 amide bonds. The Labute approximate surface area is 435 Å². The summed E-state index contributed by atoms with van der Waals surface area (Å²) in [5.74, 6) is 1.06. The van der Waals surface area contributed by atoms with E-state index in [1.54, 1.807) is 27.7 Å². The smallest absolute Gasteiger partial charge is 0.248 e. The molecule has 0 radical (unpaired) electrons. The summed E-state index contributed by atoms with van der Waals surface area (Å²) in [4.78, 5) is 0. The first-order chi connectivity index (χ1) is 29.6. The van der Waals surface area contributed by atoms with Crippen LogP contribution in [0.4, 0.5) is 35.1 Å². The van der Waals surface area contributed by atoms with Crippen molar-refractivity contribution in [1.82, 2.24) is 0 Å². The maximum absolute atomic E-state index is 12.2. The molecule has 0 saturated heterocycles. The maximum atomic E-state index is 12.2. The highest BCUT2D eigenvalue weighted by molar-refractivity contribution is 7.80. The molecule has 0 aromatic rings. The summed E-state index contributed by atoms with van der Waals surface area (Å²) >= 11 is 4.10. The number of halogens is 8. The molecular formula is C60H124F8S. The van der Waals surface area contributed by atoms with E-state index in [4.69, 9.17) is 6.42 Å².